The molecule has 0 saturated heterocycles. The zero-order valence-electron chi connectivity index (χ0n) is 8.37. The third-order valence-electron chi connectivity index (χ3n) is 1.55. The Balaban J connectivity index is -0.0000000605. The van der Waals surface area contributed by atoms with Crippen LogP contribution in [0.1, 0.15) is 0 Å². The average Bonchev–Trinajstić information content (AvgIpc) is 2.12. The summed E-state index contributed by atoms with van der Waals surface area (Å²) in [4.78, 5) is 0. The minimum atomic E-state index is -1.50. The van der Waals surface area contributed by atoms with Gasteiger partial charge in [-0.25, -0.2) is 0 Å². The Bertz CT molecular complexity index is 129. The summed E-state index contributed by atoms with van der Waals surface area (Å²) in [6, 6.07) is -0.929. The molecular weight excluding hydrogens is 501 g/mol. The number of nitrogens with two attached hydrogens (primary N) is 2. The first-order valence-corrected chi connectivity index (χ1v) is 3.50. The molecule has 17 heavy (non-hydrogen) atoms. The third-order valence-corrected chi connectivity index (χ3v) is 1.55. The van der Waals surface area contributed by atoms with Crippen molar-refractivity contribution in [2.75, 3.05) is 6.61 Å². The zero-order chi connectivity index (χ0) is 9.72. The van der Waals surface area contributed by atoms with E-state index in [1.165, 1.54) is 0 Å². The summed E-state index contributed by atoms with van der Waals surface area (Å²) < 4.78 is 0. The van der Waals surface area contributed by atoms with Crippen molar-refractivity contribution in [3.63, 3.8) is 0 Å². The largest absolute Gasteiger partial charge is 4.00 e. The van der Waals surface area contributed by atoms with E-state index in [0.717, 1.165) is 6.54 Å². The Kier molecular flexibility index (Phi) is 42.6. The maximum atomic E-state index is 9.13. The van der Waals surface area contributed by atoms with Crippen molar-refractivity contribution >= 4 is 0 Å². The van der Waals surface area contributed by atoms with Crippen LogP contribution in [0.15, 0.2) is 0 Å². The van der Waals surface area contributed by atoms with Crippen molar-refractivity contribution in [3.8, 4) is 0 Å². The smallest absolute Gasteiger partial charge is 1.00 e. The minimum Gasteiger partial charge on any atom is -1.00 e. The predicted octanol–water partition coefficient (Wildman–Crippen LogP) is -15.5. The summed E-state index contributed by atoms with van der Waals surface area (Å²) in [7, 11) is 0. The van der Waals surface area contributed by atoms with Crippen molar-refractivity contribution in [2.45, 2.75) is 24.4 Å². The number of hydrogen-bond acceptors (Lipinski definition) is 6. The van der Waals surface area contributed by atoms with Gasteiger partial charge < -0.3 is 81.5 Å². The Morgan fingerprint density at radius 3 is 1.53 bits per heavy atom. The van der Waals surface area contributed by atoms with Gasteiger partial charge in [-0.2, -0.15) is 0 Å². The Labute approximate surface area is 139 Å². The van der Waals surface area contributed by atoms with Crippen LogP contribution in [0.4, 0.5) is 0 Å². The van der Waals surface area contributed by atoms with Gasteiger partial charge in [0, 0.05) is 0 Å². The van der Waals surface area contributed by atoms with E-state index in [4.69, 9.17) is 31.9 Å². The van der Waals surface area contributed by atoms with Crippen LogP contribution >= 0.6 is 0 Å². The molecule has 6 nitrogen and oxygen atoms in total. The van der Waals surface area contributed by atoms with Crippen LogP contribution in [0, 0.1) is 6.54 Å². The number of aliphatic hydroxyl groups is 4. The first-order chi connectivity index (χ1) is 5.54. The Hall–Kier alpha value is 1.61. The fourth-order valence-corrected chi connectivity index (χ4v) is 0.677. The predicted molar refractivity (Wildman–Crippen MR) is 41.6 cm³/mol. The SMILES string of the molecule is N[CH-][C@H](N)[C@@H](O)[C@H](O)[C@H](O)CO.[Cl-].[Cl-].[Cl-].[Cl-].[Pt+4]. The molecule has 0 spiro atoms. The van der Waals surface area contributed by atoms with Crippen molar-refractivity contribution in [2.24, 2.45) is 11.5 Å². The van der Waals surface area contributed by atoms with Crippen LogP contribution in [0.5, 0.6) is 0 Å². The molecule has 0 unspecified atom stereocenters. The van der Waals surface area contributed by atoms with Crippen LogP contribution in [0.3, 0.4) is 0 Å². The third kappa shape index (κ3) is 13.8. The van der Waals surface area contributed by atoms with E-state index in [0.29, 0.717) is 0 Å². The van der Waals surface area contributed by atoms with Gasteiger partial charge in [0.1, 0.15) is 12.2 Å². The van der Waals surface area contributed by atoms with Crippen LogP contribution in [-0.4, -0.2) is 51.4 Å². The second kappa shape index (κ2) is 19.9. The zero-order valence-corrected chi connectivity index (χ0v) is 13.7. The molecule has 0 aromatic carbocycles. The Morgan fingerprint density at radius 1 is 0.941 bits per heavy atom. The van der Waals surface area contributed by atoms with Crippen molar-refractivity contribution in [1.82, 2.24) is 0 Å². The van der Waals surface area contributed by atoms with E-state index in [1.54, 1.807) is 0 Å². The fourth-order valence-electron chi connectivity index (χ4n) is 0.677. The van der Waals surface area contributed by atoms with E-state index in [2.05, 4.69) is 0 Å². The van der Waals surface area contributed by atoms with Crippen LogP contribution in [0.2, 0.25) is 0 Å². The molecule has 0 aliphatic heterocycles. The topological polar surface area (TPSA) is 133 Å². The fraction of sp³-hybridized carbons (Fsp3) is 0.833. The summed E-state index contributed by atoms with van der Waals surface area (Å²) >= 11 is 0. The van der Waals surface area contributed by atoms with Crippen molar-refractivity contribution in [1.29, 1.82) is 0 Å². The summed E-state index contributed by atoms with van der Waals surface area (Å²) in [6.45, 7) is 0.355. The molecule has 4 atom stereocenters. The summed E-state index contributed by atoms with van der Waals surface area (Å²) in [5.74, 6) is 0. The van der Waals surface area contributed by atoms with Gasteiger partial charge in [0.25, 0.3) is 0 Å². The molecule has 0 aliphatic rings. The van der Waals surface area contributed by atoms with Gasteiger partial charge in [0.2, 0.25) is 0 Å². The average molecular weight is 516 g/mol. The monoisotopic (exact) mass is 514 g/mol. The molecule has 0 bridgehead atoms. The molecule has 8 N–H and O–H groups in total. The molecule has 11 heteroatoms. The van der Waals surface area contributed by atoms with Gasteiger partial charge in [-0.1, -0.05) is 6.04 Å². The van der Waals surface area contributed by atoms with Crippen molar-refractivity contribution < 1.29 is 91.1 Å². The number of aliphatic hydroxyl groups excluding tert-OH is 4. The van der Waals surface area contributed by atoms with Gasteiger partial charge in [-0.3, -0.25) is 6.54 Å². The second-order valence-corrected chi connectivity index (χ2v) is 2.50. The molecule has 0 aliphatic carbocycles. The van der Waals surface area contributed by atoms with E-state index in [-0.39, 0.29) is 70.7 Å². The van der Waals surface area contributed by atoms with Crippen LogP contribution in [-0.2, 0) is 21.1 Å². The molecule has 0 fully saturated rings. The molecule has 0 rings (SSSR count). The summed E-state index contributed by atoms with van der Waals surface area (Å²) in [5, 5.41) is 35.5. The van der Waals surface area contributed by atoms with Crippen LogP contribution < -0.4 is 61.1 Å². The maximum Gasteiger partial charge on any atom is 4.00 e. The van der Waals surface area contributed by atoms with Crippen molar-refractivity contribution in [3.05, 3.63) is 6.54 Å². The first-order valence-electron chi connectivity index (χ1n) is 3.50. The number of hydrogen-bond donors (Lipinski definition) is 6. The quantitative estimate of drug-likeness (QED) is 0.201. The summed E-state index contributed by atoms with van der Waals surface area (Å²) in [5.41, 5.74) is 10.2. The molecule has 0 amide bonds. The molecule has 112 valence electrons. The van der Waals surface area contributed by atoms with Gasteiger partial charge in [-0.15, -0.1) is 0 Å². The second-order valence-electron chi connectivity index (χ2n) is 2.50. The van der Waals surface area contributed by atoms with E-state index in [1.807, 2.05) is 0 Å². The number of halogens is 4. The molecular formula is C6H15Cl4N2O4Pt-. The van der Waals surface area contributed by atoms with E-state index >= 15 is 0 Å². The summed E-state index contributed by atoms with van der Waals surface area (Å²) in [6.07, 6.45) is -4.28. The van der Waals surface area contributed by atoms with E-state index in [9.17, 15) is 0 Å². The van der Waals surface area contributed by atoms with Gasteiger partial charge >= 0.3 is 21.1 Å². The van der Waals surface area contributed by atoms with Gasteiger partial charge in [-0.05, 0) is 0 Å². The molecule has 0 saturated carbocycles. The van der Waals surface area contributed by atoms with E-state index < -0.39 is 31.0 Å². The van der Waals surface area contributed by atoms with Gasteiger partial charge in [0.05, 0.1) is 12.7 Å². The normalized spacial score (nSPS) is 15.2. The Morgan fingerprint density at radius 2 is 1.29 bits per heavy atom. The maximum absolute atomic E-state index is 9.13. The number of rotatable bonds is 5. The standard InChI is InChI=1S/C6H15N2O4.4ClH.Pt/c7-1-3(8)5(11)6(12)4(10)2-9;;;;;/h1,3-6,9-12H,2,7-8H2;4*1H;/q-1;;;;;+4/p-4/t3-,4+,5+,6+;;;;;/m0...../s1. The molecule has 0 radical (unpaired) electrons. The minimum absolute atomic E-state index is 0. The van der Waals surface area contributed by atoms with Gasteiger partial charge in [0.15, 0.2) is 0 Å². The molecule has 0 heterocycles. The first kappa shape index (κ1) is 36.3. The molecule has 0 aromatic rings. The molecule has 0 aromatic heterocycles. The van der Waals surface area contributed by atoms with Crippen LogP contribution in [0.25, 0.3) is 0 Å².